The maximum absolute atomic E-state index is 13.1. The van der Waals surface area contributed by atoms with Crippen LogP contribution < -0.4 is 10.2 Å². The van der Waals surface area contributed by atoms with Gasteiger partial charge in [-0.1, -0.05) is 6.42 Å². The highest BCUT2D eigenvalue weighted by atomic mass is 19.4. The van der Waals surface area contributed by atoms with Crippen LogP contribution >= 0.6 is 0 Å². The van der Waals surface area contributed by atoms with Crippen molar-refractivity contribution in [2.45, 2.75) is 31.9 Å². The van der Waals surface area contributed by atoms with Crippen LogP contribution in [0.1, 0.15) is 31.2 Å². The zero-order valence-electron chi connectivity index (χ0n) is 14.8. The number of rotatable bonds is 6. The van der Waals surface area contributed by atoms with Crippen LogP contribution in [0, 0.1) is 5.92 Å². The number of hydrogen-bond acceptors (Lipinski definition) is 4. The minimum atomic E-state index is -4.38. The Hall–Kier alpha value is -1.83. The summed E-state index contributed by atoms with van der Waals surface area (Å²) in [7, 11) is 0. The second-order valence-electron chi connectivity index (χ2n) is 7.07. The topological polar surface area (TPSA) is 48.5 Å². The Morgan fingerprint density at radius 1 is 1.19 bits per heavy atom. The lowest BCUT2D eigenvalue weighted by Gasteiger charge is -2.36. The van der Waals surface area contributed by atoms with Gasteiger partial charge in [-0.05, 0) is 37.4 Å². The molecule has 0 radical (unpaired) electrons. The van der Waals surface area contributed by atoms with Crippen molar-refractivity contribution in [1.29, 1.82) is 0 Å². The van der Waals surface area contributed by atoms with Gasteiger partial charge in [0.25, 0.3) is 0 Å². The van der Waals surface area contributed by atoms with Crippen molar-refractivity contribution in [3.63, 3.8) is 0 Å². The number of alkyl halides is 3. The van der Waals surface area contributed by atoms with Gasteiger partial charge in [-0.3, -0.25) is 9.69 Å². The number of anilines is 1. The van der Waals surface area contributed by atoms with Crippen molar-refractivity contribution >= 4 is 11.7 Å². The molecule has 26 heavy (non-hydrogen) atoms. The Bertz CT molecular complexity index is 615. The van der Waals surface area contributed by atoms with Crippen LogP contribution in [0.15, 0.2) is 18.3 Å². The predicted octanol–water partition coefficient (Wildman–Crippen LogP) is 2.53. The SMILES string of the molecule is O=C1CC(CCCCN2CCN(c3ncccc3C(F)(F)F)CC2)CN1. The highest BCUT2D eigenvalue weighted by molar-refractivity contribution is 5.78. The fourth-order valence-electron chi connectivity index (χ4n) is 3.69. The molecule has 3 rings (SSSR count). The quantitative estimate of drug-likeness (QED) is 0.782. The molecule has 1 amide bonds. The average molecular weight is 370 g/mol. The van der Waals surface area contributed by atoms with E-state index in [0.29, 0.717) is 25.4 Å². The summed E-state index contributed by atoms with van der Waals surface area (Å²) in [6.07, 6.45) is 0.878. The summed E-state index contributed by atoms with van der Waals surface area (Å²) in [6.45, 7) is 4.36. The van der Waals surface area contributed by atoms with Gasteiger partial charge in [0, 0.05) is 45.3 Å². The van der Waals surface area contributed by atoms with Gasteiger partial charge < -0.3 is 10.2 Å². The van der Waals surface area contributed by atoms with E-state index in [0.717, 1.165) is 51.5 Å². The van der Waals surface area contributed by atoms with Crippen molar-refractivity contribution in [3.05, 3.63) is 23.9 Å². The molecule has 0 aromatic carbocycles. The monoisotopic (exact) mass is 370 g/mol. The summed E-state index contributed by atoms with van der Waals surface area (Å²) in [5.74, 6) is 0.654. The molecule has 1 atom stereocenters. The van der Waals surface area contributed by atoms with E-state index in [-0.39, 0.29) is 11.7 Å². The van der Waals surface area contributed by atoms with E-state index in [1.165, 1.54) is 12.3 Å². The van der Waals surface area contributed by atoms with E-state index < -0.39 is 11.7 Å². The minimum Gasteiger partial charge on any atom is -0.356 e. The van der Waals surface area contributed by atoms with E-state index in [4.69, 9.17) is 0 Å². The number of unbranched alkanes of at least 4 members (excludes halogenated alkanes) is 1. The summed E-state index contributed by atoms with van der Waals surface area (Å²) in [5, 5.41) is 2.85. The van der Waals surface area contributed by atoms with Gasteiger partial charge >= 0.3 is 6.18 Å². The maximum atomic E-state index is 13.1. The molecular formula is C18H25F3N4O. The molecule has 0 aliphatic carbocycles. The van der Waals surface area contributed by atoms with Gasteiger partial charge in [0.1, 0.15) is 5.82 Å². The number of carbonyl (C=O) groups is 1. The smallest absolute Gasteiger partial charge is 0.356 e. The second-order valence-corrected chi connectivity index (χ2v) is 7.07. The highest BCUT2D eigenvalue weighted by Crippen LogP contribution is 2.35. The van der Waals surface area contributed by atoms with Crippen LogP contribution in [0.25, 0.3) is 0 Å². The molecule has 1 aromatic heterocycles. The molecule has 5 nitrogen and oxygen atoms in total. The number of halogens is 3. The first-order valence-electron chi connectivity index (χ1n) is 9.19. The number of pyridine rings is 1. The lowest BCUT2D eigenvalue weighted by Crippen LogP contribution is -2.47. The van der Waals surface area contributed by atoms with Crippen molar-refractivity contribution in [2.24, 2.45) is 5.92 Å². The number of nitrogens with one attached hydrogen (secondary N) is 1. The van der Waals surface area contributed by atoms with E-state index in [1.54, 1.807) is 4.90 Å². The Morgan fingerprint density at radius 2 is 1.96 bits per heavy atom. The van der Waals surface area contributed by atoms with Crippen LogP contribution in [-0.4, -0.2) is 55.1 Å². The summed E-state index contributed by atoms with van der Waals surface area (Å²) in [5.41, 5.74) is -0.659. The molecule has 1 N–H and O–H groups in total. The molecule has 1 unspecified atom stereocenters. The first-order chi connectivity index (χ1) is 12.4. The van der Waals surface area contributed by atoms with Crippen LogP contribution in [0.5, 0.6) is 0 Å². The number of amides is 1. The molecule has 2 fully saturated rings. The summed E-state index contributed by atoms with van der Waals surface area (Å²) >= 11 is 0. The summed E-state index contributed by atoms with van der Waals surface area (Å²) in [6, 6.07) is 2.42. The Labute approximate surface area is 151 Å². The van der Waals surface area contributed by atoms with E-state index in [1.807, 2.05) is 0 Å². The van der Waals surface area contributed by atoms with Gasteiger partial charge in [0.2, 0.25) is 5.91 Å². The summed E-state index contributed by atoms with van der Waals surface area (Å²) < 4.78 is 39.4. The normalized spacial score (nSPS) is 21.9. The van der Waals surface area contributed by atoms with Gasteiger partial charge in [-0.25, -0.2) is 4.98 Å². The average Bonchev–Trinajstić information content (AvgIpc) is 3.04. The van der Waals surface area contributed by atoms with Gasteiger partial charge in [-0.15, -0.1) is 0 Å². The number of hydrogen-bond donors (Lipinski definition) is 1. The van der Waals surface area contributed by atoms with Crippen molar-refractivity contribution < 1.29 is 18.0 Å². The lowest BCUT2D eigenvalue weighted by molar-refractivity contribution is -0.137. The van der Waals surface area contributed by atoms with E-state index in [2.05, 4.69) is 15.2 Å². The molecule has 2 saturated heterocycles. The van der Waals surface area contributed by atoms with E-state index in [9.17, 15) is 18.0 Å². The largest absolute Gasteiger partial charge is 0.419 e. The number of piperazine rings is 1. The van der Waals surface area contributed by atoms with Crippen molar-refractivity contribution in [3.8, 4) is 0 Å². The third kappa shape index (κ3) is 4.87. The zero-order chi connectivity index (χ0) is 18.6. The molecule has 3 heterocycles. The van der Waals surface area contributed by atoms with Crippen LogP contribution in [0.4, 0.5) is 19.0 Å². The Morgan fingerprint density at radius 3 is 2.62 bits per heavy atom. The number of nitrogens with zero attached hydrogens (tertiary/aromatic N) is 3. The zero-order valence-corrected chi connectivity index (χ0v) is 14.8. The highest BCUT2D eigenvalue weighted by Gasteiger charge is 2.36. The Kier molecular flexibility index (Phi) is 6.01. The number of aromatic nitrogens is 1. The van der Waals surface area contributed by atoms with Gasteiger partial charge in [0.15, 0.2) is 0 Å². The molecule has 1 aromatic rings. The third-order valence-electron chi connectivity index (χ3n) is 5.16. The lowest BCUT2D eigenvalue weighted by atomic mass is 10.0. The molecule has 8 heteroatoms. The molecule has 0 spiro atoms. The molecule has 144 valence electrons. The van der Waals surface area contributed by atoms with Crippen LogP contribution in [-0.2, 0) is 11.0 Å². The van der Waals surface area contributed by atoms with Gasteiger partial charge in [0.05, 0.1) is 5.56 Å². The second kappa shape index (κ2) is 8.24. The van der Waals surface area contributed by atoms with Crippen molar-refractivity contribution in [1.82, 2.24) is 15.2 Å². The Balaban J connectivity index is 1.41. The first kappa shape index (κ1) is 18.9. The van der Waals surface area contributed by atoms with E-state index >= 15 is 0 Å². The van der Waals surface area contributed by atoms with Crippen molar-refractivity contribution in [2.75, 3.05) is 44.2 Å². The van der Waals surface area contributed by atoms with Crippen LogP contribution in [0.3, 0.4) is 0 Å². The minimum absolute atomic E-state index is 0.0399. The molecule has 0 bridgehead atoms. The molecule has 2 aliphatic heterocycles. The molecule has 2 aliphatic rings. The fourth-order valence-corrected chi connectivity index (χ4v) is 3.69. The van der Waals surface area contributed by atoms with Gasteiger partial charge in [-0.2, -0.15) is 13.2 Å². The van der Waals surface area contributed by atoms with Crippen LogP contribution in [0.2, 0.25) is 0 Å². The number of carbonyl (C=O) groups excluding carboxylic acids is 1. The molecular weight excluding hydrogens is 345 g/mol. The molecule has 0 saturated carbocycles. The first-order valence-corrected chi connectivity index (χ1v) is 9.19. The standard InChI is InChI=1S/C18H25F3N4O/c19-18(20,21)15-5-3-6-22-17(15)25-10-8-24(9-11-25)7-2-1-4-14-12-16(26)23-13-14/h3,5-6,14H,1-2,4,7-13H2,(H,23,26). The third-order valence-corrected chi connectivity index (χ3v) is 5.16. The predicted molar refractivity (Wildman–Crippen MR) is 92.9 cm³/mol. The fraction of sp³-hybridized carbons (Fsp3) is 0.667. The maximum Gasteiger partial charge on any atom is 0.419 e. The summed E-state index contributed by atoms with van der Waals surface area (Å²) in [4.78, 5) is 19.2.